The lowest BCUT2D eigenvalue weighted by molar-refractivity contribution is 0.117. The molecule has 0 N–H and O–H groups in total. The summed E-state index contributed by atoms with van der Waals surface area (Å²) in [5, 5.41) is 0. The van der Waals surface area contributed by atoms with Crippen LogP contribution in [-0.4, -0.2) is 31.9 Å². The van der Waals surface area contributed by atoms with E-state index in [-0.39, 0.29) is 12.3 Å². The lowest BCUT2D eigenvalue weighted by atomic mass is 10.4. The highest BCUT2D eigenvalue weighted by Crippen LogP contribution is 2.44. The zero-order valence-electron chi connectivity index (χ0n) is 9.92. The Bertz CT molecular complexity index is 486. The van der Waals surface area contributed by atoms with Gasteiger partial charge in [-0.25, -0.2) is 17.2 Å². The predicted molar refractivity (Wildman–Crippen MR) is 61.6 cm³/mol. The summed E-state index contributed by atoms with van der Waals surface area (Å²) >= 11 is 0. The molecule has 0 unspecified atom stereocenters. The minimum absolute atomic E-state index is 0.126. The van der Waals surface area contributed by atoms with Crippen LogP contribution in [0.5, 0.6) is 0 Å². The highest BCUT2D eigenvalue weighted by atomic mass is 32.2. The van der Waals surface area contributed by atoms with Crippen LogP contribution in [0.4, 0.5) is 8.78 Å². The Labute approximate surface area is 105 Å². The fourth-order valence-electron chi connectivity index (χ4n) is 1.89. The number of nitrogens with zero attached hydrogens (tertiary/aromatic N) is 1. The van der Waals surface area contributed by atoms with Crippen molar-refractivity contribution in [2.24, 2.45) is 11.8 Å². The molecule has 1 aliphatic carbocycles. The lowest BCUT2D eigenvalue weighted by Crippen LogP contribution is -2.29. The molecule has 2 atom stereocenters. The van der Waals surface area contributed by atoms with E-state index in [0.29, 0.717) is 12.2 Å². The van der Waals surface area contributed by atoms with Crippen LogP contribution < -0.4 is 0 Å². The number of sulfonamides is 1. The summed E-state index contributed by atoms with van der Waals surface area (Å²) in [7, 11) is -2.07. The second-order valence-electron chi connectivity index (χ2n) is 4.61. The molecule has 0 amide bonds. The molecular formula is C11H15F2NO3S. The van der Waals surface area contributed by atoms with E-state index in [4.69, 9.17) is 4.42 Å². The fraction of sp³-hybridized carbons (Fsp3) is 0.636. The van der Waals surface area contributed by atoms with Crippen molar-refractivity contribution in [2.45, 2.75) is 19.4 Å². The van der Waals surface area contributed by atoms with Gasteiger partial charge in [-0.1, -0.05) is 0 Å². The summed E-state index contributed by atoms with van der Waals surface area (Å²) < 4.78 is 54.7. The van der Waals surface area contributed by atoms with Gasteiger partial charge >= 0.3 is 0 Å². The third-order valence-electron chi connectivity index (χ3n) is 3.16. The molecule has 0 bridgehead atoms. The largest absolute Gasteiger partial charge is 0.468 e. The number of furan rings is 1. The molecule has 1 aromatic heterocycles. The molecule has 7 heteroatoms. The molecule has 4 nitrogen and oxygen atoms in total. The average molecular weight is 279 g/mol. The van der Waals surface area contributed by atoms with Crippen LogP contribution in [0, 0.1) is 11.8 Å². The topological polar surface area (TPSA) is 50.5 Å². The van der Waals surface area contributed by atoms with Gasteiger partial charge in [0.25, 0.3) is 0 Å². The van der Waals surface area contributed by atoms with E-state index >= 15 is 0 Å². The van der Waals surface area contributed by atoms with Crippen molar-refractivity contribution in [2.75, 3.05) is 12.8 Å². The van der Waals surface area contributed by atoms with Gasteiger partial charge in [0.15, 0.2) is 0 Å². The zero-order valence-corrected chi connectivity index (χ0v) is 10.7. The first-order valence-electron chi connectivity index (χ1n) is 5.64. The van der Waals surface area contributed by atoms with Crippen LogP contribution in [0.1, 0.15) is 12.2 Å². The molecule has 0 aromatic carbocycles. The van der Waals surface area contributed by atoms with Crippen molar-refractivity contribution in [1.29, 1.82) is 0 Å². The summed E-state index contributed by atoms with van der Waals surface area (Å²) in [5.41, 5.74) is 0. The molecular weight excluding hydrogens is 264 g/mol. The molecule has 1 heterocycles. The second kappa shape index (κ2) is 4.97. The quantitative estimate of drug-likeness (QED) is 0.799. The number of hydrogen-bond donors (Lipinski definition) is 0. The highest BCUT2D eigenvalue weighted by molar-refractivity contribution is 7.89. The molecule has 102 valence electrons. The number of alkyl halides is 2. The van der Waals surface area contributed by atoms with Crippen LogP contribution in [0.15, 0.2) is 22.8 Å². The van der Waals surface area contributed by atoms with Crippen molar-refractivity contribution in [1.82, 2.24) is 4.31 Å². The van der Waals surface area contributed by atoms with Crippen LogP contribution in [-0.2, 0) is 16.6 Å². The van der Waals surface area contributed by atoms with Gasteiger partial charge in [0.1, 0.15) is 5.76 Å². The van der Waals surface area contributed by atoms with E-state index in [0.717, 1.165) is 4.31 Å². The number of hydrogen-bond acceptors (Lipinski definition) is 3. The Morgan fingerprint density at radius 2 is 2.28 bits per heavy atom. The Kier molecular flexibility index (Phi) is 3.72. The van der Waals surface area contributed by atoms with Gasteiger partial charge < -0.3 is 4.42 Å². The molecule has 0 spiro atoms. The van der Waals surface area contributed by atoms with E-state index in [2.05, 4.69) is 0 Å². The summed E-state index contributed by atoms with van der Waals surface area (Å²) in [6.07, 6.45) is -0.657. The zero-order chi connectivity index (χ0) is 13.3. The Morgan fingerprint density at radius 3 is 2.78 bits per heavy atom. The van der Waals surface area contributed by atoms with Crippen molar-refractivity contribution in [3.63, 3.8) is 0 Å². The van der Waals surface area contributed by atoms with Crippen LogP contribution >= 0.6 is 0 Å². The van der Waals surface area contributed by atoms with E-state index in [1.807, 2.05) is 0 Å². The summed E-state index contributed by atoms with van der Waals surface area (Å²) in [5.74, 6) is -0.840. The molecule has 0 radical (unpaired) electrons. The van der Waals surface area contributed by atoms with Crippen molar-refractivity contribution >= 4 is 10.0 Å². The third-order valence-corrected chi connectivity index (χ3v) is 5.09. The minimum Gasteiger partial charge on any atom is -0.468 e. The van der Waals surface area contributed by atoms with Crippen LogP contribution in [0.2, 0.25) is 0 Å². The normalized spacial score (nSPS) is 23.8. The van der Waals surface area contributed by atoms with E-state index in [1.54, 1.807) is 12.1 Å². The average Bonchev–Trinajstić information content (AvgIpc) is 2.84. The summed E-state index contributed by atoms with van der Waals surface area (Å²) in [6.45, 7) is 0.126. The van der Waals surface area contributed by atoms with Gasteiger partial charge in [-0.3, -0.25) is 0 Å². The monoisotopic (exact) mass is 279 g/mol. The molecule has 1 saturated carbocycles. The lowest BCUT2D eigenvalue weighted by Gasteiger charge is -2.15. The van der Waals surface area contributed by atoms with Crippen molar-refractivity contribution in [3.8, 4) is 0 Å². The number of halogens is 2. The SMILES string of the molecule is CN(Cc1ccco1)S(=O)(=O)C[C@@H]1C[C@H]1C(F)F. The summed E-state index contributed by atoms with van der Waals surface area (Å²) in [4.78, 5) is 0. The van der Waals surface area contributed by atoms with Crippen molar-refractivity contribution in [3.05, 3.63) is 24.2 Å². The standard InChI is InChI=1S/C11H15F2NO3S/c1-14(6-9-3-2-4-17-9)18(15,16)7-8-5-10(8)11(12)13/h2-4,8,10-11H,5-7H2,1H3/t8-,10+/m0/s1. The first kappa shape index (κ1) is 13.5. The second-order valence-corrected chi connectivity index (χ2v) is 6.73. The summed E-state index contributed by atoms with van der Waals surface area (Å²) in [6, 6.07) is 3.34. The fourth-order valence-corrected chi connectivity index (χ4v) is 3.39. The molecule has 1 aliphatic rings. The Balaban J connectivity index is 1.91. The smallest absolute Gasteiger partial charge is 0.241 e. The van der Waals surface area contributed by atoms with Gasteiger partial charge in [-0.05, 0) is 24.5 Å². The van der Waals surface area contributed by atoms with Crippen LogP contribution in [0.25, 0.3) is 0 Å². The van der Waals surface area contributed by atoms with E-state index in [9.17, 15) is 17.2 Å². The minimum atomic E-state index is -3.50. The van der Waals surface area contributed by atoms with Gasteiger partial charge in [0, 0.05) is 13.0 Å². The van der Waals surface area contributed by atoms with Gasteiger partial charge in [0.2, 0.25) is 16.4 Å². The predicted octanol–water partition coefficient (Wildman–Crippen LogP) is 1.94. The van der Waals surface area contributed by atoms with E-state index in [1.165, 1.54) is 13.3 Å². The number of rotatable bonds is 6. The third kappa shape index (κ3) is 3.08. The first-order chi connectivity index (χ1) is 8.40. The first-order valence-corrected chi connectivity index (χ1v) is 7.25. The maximum absolute atomic E-state index is 12.3. The molecule has 2 rings (SSSR count). The van der Waals surface area contributed by atoms with Gasteiger partial charge in [-0.2, -0.15) is 4.31 Å². The Morgan fingerprint density at radius 1 is 1.56 bits per heavy atom. The molecule has 0 saturated heterocycles. The van der Waals surface area contributed by atoms with E-state index < -0.39 is 28.3 Å². The molecule has 0 aliphatic heterocycles. The molecule has 18 heavy (non-hydrogen) atoms. The van der Waals surface area contributed by atoms with Crippen LogP contribution in [0.3, 0.4) is 0 Å². The maximum atomic E-state index is 12.3. The highest BCUT2D eigenvalue weighted by Gasteiger charge is 2.46. The Hall–Kier alpha value is -0.950. The maximum Gasteiger partial charge on any atom is 0.241 e. The van der Waals surface area contributed by atoms with Gasteiger partial charge in [-0.15, -0.1) is 0 Å². The molecule has 1 aromatic rings. The van der Waals surface area contributed by atoms with Gasteiger partial charge in [0.05, 0.1) is 18.6 Å². The molecule has 1 fully saturated rings. The van der Waals surface area contributed by atoms with Crippen molar-refractivity contribution < 1.29 is 21.6 Å².